The molecule has 4 aliphatic rings. The van der Waals surface area contributed by atoms with Crippen LogP contribution >= 0.6 is 0 Å². The van der Waals surface area contributed by atoms with Crippen LogP contribution in [0.15, 0.2) is 24.3 Å². The molecule has 1 nitrogen and oxygen atoms in total. The van der Waals surface area contributed by atoms with Gasteiger partial charge in [0.15, 0.2) is 0 Å². The molecule has 17 heavy (non-hydrogen) atoms. The normalized spacial score (nSPS) is 49.6. The molecule has 2 saturated carbocycles. The molecule has 1 N–H and O–H groups in total. The van der Waals surface area contributed by atoms with E-state index in [4.69, 9.17) is 0 Å². The molecule has 0 aromatic carbocycles. The van der Waals surface area contributed by atoms with Crippen LogP contribution in [0.2, 0.25) is 0 Å². The lowest BCUT2D eigenvalue weighted by Gasteiger charge is -2.22. The third kappa shape index (κ3) is 1.79. The number of allylic oxidation sites excluding steroid dienone is 4. The third-order valence-electron chi connectivity index (χ3n) is 5.65. The van der Waals surface area contributed by atoms with Gasteiger partial charge in [-0.25, -0.2) is 0 Å². The SMILES string of the molecule is C1=CC2CC1CC2CNCC1CC2C=CC1C2. The number of rotatable bonds is 4. The summed E-state index contributed by atoms with van der Waals surface area (Å²) in [7, 11) is 0. The van der Waals surface area contributed by atoms with Crippen molar-refractivity contribution < 1.29 is 0 Å². The van der Waals surface area contributed by atoms with Gasteiger partial charge < -0.3 is 5.32 Å². The number of hydrogen-bond acceptors (Lipinski definition) is 1. The Balaban J connectivity index is 1.24. The van der Waals surface area contributed by atoms with E-state index in [9.17, 15) is 0 Å². The van der Waals surface area contributed by atoms with Crippen molar-refractivity contribution in [2.75, 3.05) is 13.1 Å². The smallest absolute Gasteiger partial charge is 0.00145 e. The van der Waals surface area contributed by atoms with Crippen LogP contribution in [0.25, 0.3) is 0 Å². The molecule has 6 unspecified atom stereocenters. The van der Waals surface area contributed by atoms with Crippen molar-refractivity contribution in [2.45, 2.75) is 25.7 Å². The Morgan fingerprint density at radius 1 is 0.706 bits per heavy atom. The minimum absolute atomic E-state index is 0.910. The molecule has 0 radical (unpaired) electrons. The van der Waals surface area contributed by atoms with E-state index < -0.39 is 0 Å². The molecule has 0 aliphatic heterocycles. The van der Waals surface area contributed by atoms with E-state index >= 15 is 0 Å². The van der Waals surface area contributed by atoms with E-state index in [0.29, 0.717) is 0 Å². The molecule has 0 spiro atoms. The molecule has 1 heteroatoms. The highest BCUT2D eigenvalue weighted by Crippen LogP contribution is 2.44. The molecular formula is C16H23N. The summed E-state index contributed by atoms with van der Waals surface area (Å²) >= 11 is 0. The Kier molecular flexibility index (Phi) is 2.43. The zero-order valence-corrected chi connectivity index (χ0v) is 10.5. The highest BCUT2D eigenvalue weighted by Gasteiger charge is 2.37. The minimum Gasteiger partial charge on any atom is -0.316 e. The van der Waals surface area contributed by atoms with Crippen molar-refractivity contribution in [1.29, 1.82) is 0 Å². The summed E-state index contributed by atoms with van der Waals surface area (Å²) in [6, 6.07) is 0. The van der Waals surface area contributed by atoms with Crippen LogP contribution in [0.4, 0.5) is 0 Å². The maximum Gasteiger partial charge on any atom is -0.00145 e. The number of fused-ring (bicyclic) bond motifs is 4. The second-order valence-electron chi connectivity index (χ2n) is 6.74. The minimum atomic E-state index is 0.910. The second-order valence-corrected chi connectivity index (χ2v) is 6.74. The van der Waals surface area contributed by atoms with Crippen molar-refractivity contribution in [2.24, 2.45) is 35.5 Å². The summed E-state index contributed by atoms with van der Waals surface area (Å²) in [5, 5.41) is 3.77. The van der Waals surface area contributed by atoms with E-state index in [0.717, 1.165) is 35.5 Å². The van der Waals surface area contributed by atoms with Crippen LogP contribution < -0.4 is 5.32 Å². The fraction of sp³-hybridized carbons (Fsp3) is 0.750. The Morgan fingerprint density at radius 3 is 1.59 bits per heavy atom. The van der Waals surface area contributed by atoms with Gasteiger partial charge in [0, 0.05) is 0 Å². The largest absolute Gasteiger partial charge is 0.316 e. The molecule has 0 aromatic rings. The number of nitrogens with one attached hydrogen (secondary N) is 1. The van der Waals surface area contributed by atoms with Crippen LogP contribution in [0.3, 0.4) is 0 Å². The first-order valence-corrected chi connectivity index (χ1v) is 7.46. The molecule has 92 valence electrons. The van der Waals surface area contributed by atoms with Gasteiger partial charge in [0.1, 0.15) is 0 Å². The maximum absolute atomic E-state index is 3.77. The van der Waals surface area contributed by atoms with Crippen LogP contribution in [0.1, 0.15) is 25.7 Å². The monoisotopic (exact) mass is 229 g/mol. The first kappa shape index (κ1) is 10.4. The van der Waals surface area contributed by atoms with Crippen molar-refractivity contribution in [3.63, 3.8) is 0 Å². The summed E-state index contributed by atoms with van der Waals surface area (Å²) in [6.07, 6.45) is 15.6. The highest BCUT2D eigenvalue weighted by molar-refractivity contribution is 5.11. The van der Waals surface area contributed by atoms with Crippen molar-refractivity contribution in [3.05, 3.63) is 24.3 Å². The quantitative estimate of drug-likeness (QED) is 0.731. The maximum atomic E-state index is 3.77. The summed E-state index contributed by atoms with van der Waals surface area (Å²) in [5.74, 6) is 5.56. The van der Waals surface area contributed by atoms with E-state index in [1.807, 2.05) is 0 Å². The molecular weight excluding hydrogens is 206 g/mol. The molecule has 0 amide bonds. The summed E-state index contributed by atoms with van der Waals surface area (Å²) < 4.78 is 0. The van der Waals surface area contributed by atoms with E-state index in [1.54, 1.807) is 0 Å². The Bertz CT molecular complexity index is 323. The first-order valence-electron chi connectivity index (χ1n) is 7.46. The number of hydrogen-bond donors (Lipinski definition) is 1. The molecule has 4 aliphatic carbocycles. The average molecular weight is 229 g/mol. The van der Waals surface area contributed by atoms with Gasteiger partial charge in [0.25, 0.3) is 0 Å². The van der Waals surface area contributed by atoms with Gasteiger partial charge in [-0.2, -0.15) is 0 Å². The van der Waals surface area contributed by atoms with Gasteiger partial charge in [-0.05, 0) is 74.3 Å². The van der Waals surface area contributed by atoms with Gasteiger partial charge in [-0.15, -0.1) is 0 Å². The summed E-state index contributed by atoms with van der Waals surface area (Å²) in [4.78, 5) is 0. The van der Waals surface area contributed by atoms with E-state index in [-0.39, 0.29) is 0 Å². The molecule has 6 atom stereocenters. The lowest BCUT2D eigenvalue weighted by Crippen LogP contribution is -2.31. The molecule has 4 bridgehead atoms. The van der Waals surface area contributed by atoms with Crippen LogP contribution in [0, 0.1) is 35.5 Å². The lowest BCUT2D eigenvalue weighted by atomic mass is 9.91. The highest BCUT2D eigenvalue weighted by atomic mass is 14.9. The molecule has 2 fully saturated rings. The zero-order chi connectivity index (χ0) is 11.2. The van der Waals surface area contributed by atoms with Gasteiger partial charge in [-0.3, -0.25) is 0 Å². The molecule has 0 saturated heterocycles. The van der Waals surface area contributed by atoms with E-state index in [2.05, 4.69) is 29.6 Å². The summed E-state index contributed by atoms with van der Waals surface area (Å²) in [6.45, 7) is 2.53. The van der Waals surface area contributed by atoms with Gasteiger partial charge in [-0.1, -0.05) is 24.3 Å². The van der Waals surface area contributed by atoms with Crippen molar-refractivity contribution >= 4 is 0 Å². The standard InChI is InChI=1S/C16H23N/c1-3-13-5-11(1)7-15(13)9-17-10-16-8-12-2-4-14(16)6-12/h1-4,11-17H,5-10H2. The Labute approximate surface area is 104 Å². The fourth-order valence-electron chi connectivity index (χ4n) is 4.71. The Hall–Kier alpha value is -0.560. The zero-order valence-electron chi connectivity index (χ0n) is 10.5. The van der Waals surface area contributed by atoms with Crippen LogP contribution in [-0.2, 0) is 0 Å². The molecule has 0 aromatic heterocycles. The van der Waals surface area contributed by atoms with Crippen LogP contribution in [0.5, 0.6) is 0 Å². The molecule has 4 rings (SSSR count). The van der Waals surface area contributed by atoms with Gasteiger partial charge in [0.2, 0.25) is 0 Å². The fourth-order valence-corrected chi connectivity index (χ4v) is 4.71. The van der Waals surface area contributed by atoms with Crippen LogP contribution in [-0.4, -0.2) is 13.1 Å². The predicted molar refractivity (Wildman–Crippen MR) is 70.6 cm³/mol. The molecule has 0 heterocycles. The van der Waals surface area contributed by atoms with Crippen molar-refractivity contribution in [1.82, 2.24) is 5.32 Å². The lowest BCUT2D eigenvalue weighted by molar-refractivity contribution is 0.364. The topological polar surface area (TPSA) is 12.0 Å². The third-order valence-corrected chi connectivity index (χ3v) is 5.65. The van der Waals surface area contributed by atoms with Gasteiger partial charge >= 0.3 is 0 Å². The Morgan fingerprint density at radius 2 is 1.24 bits per heavy atom. The summed E-state index contributed by atoms with van der Waals surface area (Å²) in [5.41, 5.74) is 0. The average Bonchev–Trinajstić information content (AvgIpc) is 3.09. The van der Waals surface area contributed by atoms with Gasteiger partial charge in [0.05, 0.1) is 0 Å². The van der Waals surface area contributed by atoms with Crippen molar-refractivity contribution in [3.8, 4) is 0 Å². The first-order chi connectivity index (χ1) is 8.38. The predicted octanol–water partition coefficient (Wildman–Crippen LogP) is 3.00. The van der Waals surface area contributed by atoms with E-state index in [1.165, 1.54) is 38.8 Å². The second kappa shape index (κ2) is 3.98.